The maximum absolute atomic E-state index is 12.3. The monoisotopic (exact) mass is 361 g/mol. The van der Waals surface area contributed by atoms with Gasteiger partial charge in [-0.2, -0.15) is 0 Å². The summed E-state index contributed by atoms with van der Waals surface area (Å²) in [5, 5.41) is 0. The van der Waals surface area contributed by atoms with E-state index in [0.717, 1.165) is 16.7 Å². The van der Waals surface area contributed by atoms with Gasteiger partial charge in [-0.25, -0.2) is 13.2 Å². The number of rotatable bonds is 6. The first-order chi connectivity index (χ1) is 11.7. The Bertz CT molecular complexity index is 837. The minimum Gasteiger partial charge on any atom is -0.462 e. The number of hydrogen-bond acceptors (Lipinski definition) is 4. The summed E-state index contributed by atoms with van der Waals surface area (Å²) in [5.74, 6) is -0.386. The molecule has 0 saturated carbocycles. The van der Waals surface area contributed by atoms with Crippen molar-refractivity contribution in [3.05, 3.63) is 64.7 Å². The molecule has 0 fully saturated rings. The molecule has 2 aromatic carbocycles. The predicted octanol–water partition coefficient (Wildman–Crippen LogP) is 3.45. The van der Waals surface area contributed by atoms with E-state index in [9.17, 15) is 13.2 Å². The molecule has 0 N–H and O–H groups in total. The van der Waals surface area contributed by atoms with E-state index in [1.165, 1.54) is 10.6 Å². The Morgan fingerprint density at radius 2 is 1.60 bits per heavy atom. The second-order valence-corrected chi connectivity index (χ2v) is 7.94. The van der Waals surface area contributed by atoms with Crippen LogP contribution in [0.5, 0.6) is 0 Å². The van der Waals surface area contributed by atoms with E-state index in [2.05, 4.69) is 0 Å². The Morgan fingerprint density at radius 3 is 2.08 bits per heavy atom. The quantitative estimate of drug-likeness (QED) is 0.739. The highest BCUT2D eigenvalue weighted by molar-refractivity contribution is 7.92. The van der Waals surface area contributed by atoms with Crippen molar-refractivity contribution in [3.8, 4) is 0 Å². The van der Waals surface area contributed by atoms with E-state index in [4.69, 9.17) is 4.74 Å². The molecule has 2 aromatic rings. The van der Waals surface area contributed by atoms with Crippen molar-refractivity contribution in [2.75, 3.05) is 17.2 Å². The summed E-state index contributed by atoms with van der Waals surface area (Å²) in [4.78, 5) is 11.7. The molecule has 0 aliphatic carbocycles. The molecule has 0 unspecified atom stereocenters. The van der Waals surface area contributed by atoms with Gasteiger partial charge in [-0.3, -0.25) is 4.31 Å². The largest absolute Gasteiger partial charge is 0.462 e. The molecule has 0 bridgehead atoms. The lowest BCUT2D eigenvalue weighted by Crippen LogP contribution is -2.29. The van der Waals surface area contributed by atoms with E-state index in [-0.39, 0.29) is 12.5 Å². The first kappa shape index (κ1) is 19.0. The minimum absolute atomic E-state index is 0.199. The molecule has 5 nitrogen and oxygen atoms in total. The topological polar surface area (TPSA) is 63.7 Å². The summed E-state index contributed by atoms with van der Waals surface area (Å²) >= 11 is 0. The number of sulfonamides is 1. The van der Waals surface area contributed by atoms with Gasteiger partial charge in [0.2, 0.25) is 10.0 Å². The highest BCUT2D eigenvalue weighted by Gasteiger charge is 2.19. The molecule has 6 heteroatoms. The number of anilines is 1. The van der Waals surface area contributed by atoms with E-state index in [0.29, 0.717) is 17.9 Å². The van der Waals surface area contributed by atoms with Crippen LogP contribution in [0.4, 0.5) is 5.69 Å². The van der Waals surface area contributed by atoms with Crippen molar-refractivity contribution in [1.29, 1.82) is 0 Å². The van der Waals surface area contributed by atoms with Crippen LogP contribution in [0.15, 0.2) is 42.5 Å². The van der Waals surface area contributed by atoms with Gasteiger partial charge in [-0.05, 0) is 61.7 Å². The van der Waals surface area contributed by atoms with E-state index < -0.39 is 10.0 Å². The van der Waals surface area contributed by atoms with Gasteiger partial charge < -0.3 is 4.74 Å². The van der Waals surface area contributed by atoms with Gasteiger partial charge in [0.1, 0.15) is 0 Å². The van der Waals surface area contributed by atoms with E-state index >= 15 is 0 Å². The van der Waals surface area contributed by atoms with E-state index in [1.54, 1.807) is 31.2 Å². The second kappa shape index (κ2) is 7.70. The van der Waals surface area contributed by atoms with Crippen molar-refractivity contribution in [2.45, 2.75) is 27.3 Å². The number of ether oxygens (including phenoxy) is 1. The Balaban J connectivity index is 2.31. The van der Waals surface area contributed by atoms with Crippen LogP contribution in [0.2, 0.25) is 0 Å². The number of aryl methyl sites for hydroxylation is 2. The molecule has 0 aromatic heterocycles. The van der Waals surface area contributed by atoms with Crippen LogP contribution in [-0.2, 0) is 21.3 Å². The second-order valence-electron chi connectivity index (χ2n) is 6.03. The van der Waals surface area contributed by atoms with Crippen molar-refractivity contribution in [3.63, 3.8) is 0 Å². The molecular formula is C19H23NO4S. The zero-order valence-corrected chi connectivity index (χ0v) is 15.8. The predicted molar refractivity (Wildman–Crippen MR) is 99.3 cm³/mol. The summed E-state index contributed by atoms with van der Waals surface area (Å²) in [6, 6.07) is 12.5. The Hall–Kier alpha value is -2.34. The molecule has 25 heavy (non-hydrogen) atoms. The van der Waals surface area contributed by atoms with Gasteiger partial charge in [0.05, 0.1) is 30.7 Å². The molecule has 0 amide bonds. The number of carbonyl (C=O) groups excluding carboxylic acids is 1. The van der Waals surface area contributed by atoms with Crippen molar-refractivity contribution in [2.24, 2.45) is 0 Å². The minimum atomic E-state index is -3.44. The van der Waals surface area contributed by atoms with Gasteiger partial charge in [0.15, 0.2) is 0 Å². The Morgan fingerprint density at radius 1 is 1.04 bits per heavy atom. The number of benzene rings is 2. The van der Waals surface area contributed by atoms with Crippen LogP contribution in [0, 0.1) is 13.8 Å². The Kier molecular flexibility index (Phi) is 5.85. The van der Waals surface area contributed by atoms with Gasteiger partial charge in [0.25, 0.3) is 0 Å². The molecular weight excluding hydrogens is 338 g/mol. The average molecular weight is 361 g/mol. The molecule has 0 spiro atoms. The molecule has 0 radical (unpaired) electrons. The fraction of sp³-hybridized carbons (Fsp3) is 0.316. The summed E-state index contributed by atoms with van der Waals surface area (Å²) in [5.41, 5.74) is 3.87. The van der Waals surface area contributed by atoms with Crippen molar-refractivity contribution in [1.82, 2.24) is 0 Å². The molecule has 134 valence electrons. The van der Waals surface area contributed by atoms with Gasteiger partial charge in [-0.15, -0.1) is 0 Å². The lowest BCUT2D eigenvalue weighted by atomic mass is 10.1. The van der Waals surface area contributed by atoms with Crippen LogP contribution in [0.25, 0.3) is 0 Å². The summed E-state index contributed by atoms with van der Waals surface area (Å²) in [7, 11) is -3.44. The fourth-order valence-electron chi connectivity index (χ4n) is 2.62. The van der Waals surface area contributed by atoms with Crippen LogP contribution < -0.4 is 4.31 Å². The number of carbonyl (C=O) groups is 1. The fourth-order valence-corrected chi connectivity index (χ4v) is 3.49. The molecule has 0 saturated heterocycles. The lowest BCUT2D eigenvalue weighted by molar-refractivity contribution is 0.0526. The third-order valence-electron chi connectivity index (χ3n) is 3.69. The van der Waals surface area contributed by atoms with Crippen LogP contribution in [0.1, 0.15) is 34.0 Å². The highest BCUT2D eigenvalue weighted by atomic mass is 32.2. The molecule has 0 aliphatic rings. The lowest BCUT2D eigenvalue weighted by Gasteiger charge is -2.23. The number of nitrogens with zero attached hydrogens (tertiary/aromatic N) is 1. The number of esters is 1. The summed E-state index contributed by atoms with van der Waals surface area (Å²) in [6.07, 6.45) is 1.19. The maximum Gasteiger partial charge on any atom is 0.338 e. The summed E-state index contributed by atoms with van der Waals surface area (Å²) < 4.78 is 30.9. The zero-order valence-electron chi connectivity index (χ0n) is 14.9. The first-order valence-electron chi connectivity index (χ1n) is 8.02. The number of hydrogen-bond donors (Lipinski definition) is 0. The SMILES string of the molecule is CCOC(=O)c1ccc(CN(c2cc(C)cc(C)c2)S(C)(=O)=O)cc1. The zero-order chi connectivity index (χ0) is 18.6. The molecule has 0 atom stereocenters. The van der Waals surface area contributed by atoms with Gasteiger partial charge in [0, 0.05) is 0 Å². The average Bonchev–Trinajstić information content (AvgIpc) is 2.51. The molecule has 0 aliphatic heterocycles. The summed E-state index contributed by atoms with van der Waals surface area (Å²) in [6.45, 7) is 6.14. The normalized spacial score (nSPS) is 11.2. The van der Waals surface area contributed by atoms with Crippen LogP contribution >= 0.6 is 0 Å². The van der Waals surface area contributed by atoms with Gasteiger partial charge in [-0.1, -0.05) is 18.2 Å². The van der Waals surface area contributed by atoms with Gasteiger partial charge >= 0.3 is 5.97 Å². The first-order valence-corrected chi connectivity index (χ1v) is 9.87. The van der Waals surface area contributed by atoms with Crippen molar-refractivity contribution < 1.29 is 17.9 Å². The highest BCUT2D eigenvalue weighted by Crippen LogP contribution is 2.23. The van der Waals surface area contributed by atoms with Crippen LogP contribution in [0.3, 0.4) is 0 Å². The third kappa shape index (κ3) is 5.06. The van der Waals surface area contributed by atoms with Crippen molar-refractivity contribution >= 4 is 21.7 Å². The molecule has 2 rings (SSSR count). The van der Waals surface area contributed by atoms with E-state index in [1.807, 2.05) is 32.0 Å². The smallest absolute Gasteiger partial charge is 0.338 e. The van der Waals surface area contributed by atoms with Crippen LogP contribution in [-0.4, -0.2) is 27.2 Å². The molecule has 0 heterocycles. The Labute approximate surface area is 149 Å². The standard InChI is InChI=1S/C19H23NO4S/c1-5-24-19(21)17-8-6-16(7-9-17)13-20(25(4,22)23)18-11-14(2)10-15(3)12-18/h6-12H,5,13H2,1-4H3. The maximum atomic E-state index is 12.3. The third-order valence-corrected chi connectivity index (χ3v) is 4.83.